The molecular formula is C24H30O5. The van der Waals surface area contributed by atoms with Crippen molar-refractivity contribution in [2.75, 3.05) is 6.61 Å². The van der Waals surface area contributed by atoms with Gasteiger partial charge in [-0.05, 0) is 62.5 Å². The molecule has 2 unspecified atom stereocenters. The van der Waals surface area contributed by atoms with Gasteiger partial charge in [0.2, 0.25) is 5.78 Å². The Morgan fingerprint density at radius 2 is 2.03 bits per heavy atom. The van der Waals surface area contributed by atoms with Gasteiger partial charge >= 0.3 is 5.97 Å². The minimum atomic E-state index is -1.51. The molecular weight excluding hydrogens is 368 g/mol. The Hall–Kier alpha value is -2.01. The Kier molecular flexibility index (Phi) is 4.54. The topological polar surface area (TPSA) is 80.7 Å². The predicted octanol–water partition coefficient (Wildman–Crippen LogP) is 3.32. The maximum Gasteiger partial charge on any atom is 0.303 e. The van der Waals surface area contributed by atoms with Crippen LogP contribution in [0.25, 0.3) is 0 Å². The first-order valence-corrected chi connectivity index (χ1v) is 10.6. The van der Waals surface area contributed by atoms with Gasteiger partial charge in [0.05, 0.1) is 0 Å². The number of esters is 1. The molecule has 0 aromatic rings. The van der Waals surface area contributed by atoms with Crippen molar-refractivity contribution < 1.29 is 24.2 Å². The number of fused-ring (bicyclic) bond motifs is 5. The number of carbonyl (C=O) groups is 3. The predicted molar refractivity (Wildman–Crippen MR) is 108 cm³/mol. The normalized spacial score (nSPS) is 42.9. The number of aliphatic hydroxyl groups is 1. The first kappa shape index (κ1) is 20.3. The molecule has 4 rings (SSSR count). The van der Waals surface area contributed by atoms with Crippen molar-refractivity contribution in [1.82, 2.24) is 0 Å². The molecule has 0 bridgehead atoms. The Labute approximate surface area is 171 Å². The van der Waals surface area contributed by atoms with Crippen molar-refractivity contribution in [1.29, 1.82) is 0 Å². The van der Waals surface area contributed by atoms with Gasteiger partial charge in [0.25, 0.3) is 0 Å². The summed E-state index contributed by atoms with van der Waals surface area (Å²) in [7, 11) is 0. The summed E-state index contributed by atoms with van der Waals surface area (Å²) in [6.07, 6.45) is 10.8. The van der Waals surface area contributed by atoms with Gasteiger partial charge in [-0.15, -0.1) is 0 Å². The average molecular weight is 398 g/mol. The number of hydrogen-bond donors (Lipinski definition) is 1. The summed E-state index contributed by atoms with van der Waals surface area (Å²) >= 11 is 0. The maximum absolute atomic E-state index is 13.0. The van der Waals surface area contributed by atoms with E-state index >= 15 is 0 Å². The second-order valence-electron chi connectivity index (χ2n) is 9.75. The van der Waals surface area contributed by atoms with Crippen molar-refractivity contribution in [2.24, 2.45) is 28.6 Å². The summed E-state index contributed by atoms with van der Waals surface area (Å²) in [6.45, 7) is 7.03. The summed E-state index contributed by atoms with van der Waals surface area (Å²) in [4.78, 5) is 36.1. The molecule has 0 radical (unpaired) electrons. The van der Waals surface area contributed by atoms with Crippen LogP contribution in [-0.2, 0) is 19.1 Å². The fraction of sp³-hybridized carbons (Fsp3) is 0.625. The molecule has 2 fully saturated rings. The van der Waals surface area contributed by atoms with Crippen LogP contribution in [0.15, 0.2) is 35.5 Å². The molecule has 0 aliphatic heterocycles. The van der Waals surface area contributed by atoms with Crippen LogP contribution in [-0.4, -0.2) is 34.9 Å². The third kappa shape index (κ3) is 2.66. The first-order valence-electron chi connectivity index (χ1n) is 10.6. The average Bonchev–Trinajstić information content (AvgIpc) is 2.88. The van der Waals surface area contributed by atoms with Crippen LogP contribution in [0.5, 0.6) is 0 Å². The number of ether oxygens (including phenoxy) is 1. The van der Waals surface area contributed by atoms with Gasteiger partial charge in [-0.25, -0.2) is 0 Å². The highest BCUT2D eigenvalue weighted by atomic mass is 16.5. The van der Waals surface area contributed by atoms with Crippen LogP contribution in [0.2, 0.25) is 0 Å². The molecule has 1 N–H and O–H groups in total. The molecule has 4 aliphatic rings. The van der Waals surface area contributed by atoms with Crippen molar-refractivity contribution >= 4 is 17.5 Å². The smallest absolute Gasteiger partial charge is 0.303 e. The van der Waals surface area contributed by atoms with E-state index in [2.05, 4.69) is 13.0 Å². The molecule has 0 aromatic carbocycles. The van der Waals surface area contributed by atoms with Gasteiger partial charge < -0.3 is 9.84 Å². The van der Waals surface area contributed by atoms with Crippen LogP contribution >= 0.6 is 0 Å². The number of rotatable bonds is 3. The third-order valence-electron chi connectivity index (χ3n) is 8.36. The van der Waals surface area contributed by atoms with Crippen molar-refractivity contribution in [3.8, 4) is 0 Å². The van der Waals surface area contributed by atoms with Gasteiger partial charge in [-0.3, -0.25) is 14.4 Å². The second kappa shape index (κ2) is 6.49. The molecule has 156 valence electrons. The van der Waals surface area contributed by atoms with Gasteiger partial charge in [0.15, 0.2) is 12.4 Å². The van der Waals surface area contributed by atoms with E-state index < -0.39 is 22.8 Å². The van der Waals surface area contributed by atoms with E-state index in [1.807, 2.05) is 19.9 Å². The van der Waals surface area contributed by atoms with Crippen LogP contribution < -0.4 is 0 Å². The van der Waals surface area contributed by atoms with Crippen LogP contribution in [0, 0.1) is 28.6 Å². The minimum absolute atomic E-state index is 0.0529. The molecule has 0 saturated heterocycles. The zero-order chi connectivity index (χ0) is 21.2. The number of carbonyl (C=O) groups excluding carboxylic acids is 3. The van der Waals surface area contributed by atoms with Crippen molar-refractivity contribution in [3.05, 3.63) is 35.5 Å². The molecule has 0 spiro atoms. The molecule has 4 aliphatic carbocycles. The molecule has 5 heteroatoms. The number of Topliss-reactive ketones (excluding diaryl/α,β-unsaturated/α-hetero) is 1. The van der Waals surface area contributed by atoms with E-state index in [1.165, 1.54) is 18.1 Å². The molecule has 0 amide bonds. The molecule has 2 saturated carbocycles. The molecule has 5 nitrogen and oxygen atoms in total. The SMILES string of the molecule is CC(=O)OCC(=O)[C@@]1(O)[C@H](C)CC2C3CCC4=CC(=O)C=C[C@]4(C)C3=CC[C@@]21C. The summed E-state index contributed by atoms with van der Waals surface area (Å²) in [5, 5.41) is 11.7. The second-order valence-corrected chi connectivity index (χ2v) is 9.75. The van der Waals surface area contributed by atoms with E-state index in [1.54, 1.807) is 12.2 Å². The highest BCUT2D eigenvalue weighted by Gasteiger charge is 2.67. The number of hydrogen-bond acceptors (Lipinski definition) is 5. The van der Waals surface area contributed by atoms with E-state index in [0.29, 0.717) is 6.42 Å². The Morgan fingerprint density at radius 3 is 2.72 bits per heavy atom. The van der Waals surface area contributed by atoms with Gasteiger partial charge in [-0.1, -0.05) is 37.1 Å². The third-order valence-corrected chi connectivity index (χ3v) is 8.36. The lowest BCUT2D eigenvalue weighted by Crippen LogP contribution is -2.57. The van der Waals surface area contributed by atoms with E-state index in [-0.39, 0.29) is 35.6 Å². The van der Waals surface area contributed by atoms with Crippen LogP contribution in [0.1, 0.15) is 53.4 Å². The minimum Gasteiger partial charge on any atom is -0.458 e. The highest BCUT2D eigenvalue weighted by Crippen LogP contribution is 2.66. The summed E-state index contributed by atoms with van der Waals surface area (Å²) < 4.78 is 4.95. The summed E-state index contributed by atoms with van der Waals surface area (Å²) in [5.74, 6) is -0.621. The lowest BCUT2D eigenvalue weighted by Gasteiger charge is -2.53. The largest absolute Gasteiger partial charge is 0.458 e. The fourth-order valence-electron chi connectivity index (χ4n) is 6.74. The molecule has 6 atom stereocenters. The highest BCUT2D eigenvalue weighted by molar-refractivity contribution is 6.01. The Bertz CT molecular complexity index is 880. The lowest BCUT2D eigenvalue weighted by atomic mass is 9.51. The van der Waals surface area contributed by atoms with E-state index in [0.717, 1.165) is 19.3 Å². The van der Waals surface area contributed by atoms with Crippen molar-refractivity contribution in [3.63, 3.8) is 0 Å². The summed E-state index contributed by atoms with van der Waals surface area (Å²) in [6, 6.07) is 0. The van der Waals surface area contributed by atoms with Crippen LogP contribution in [0.3, 0.4) is 0 Å². The van der Waals surface area contributed by atoms with E-state index in [4.69, 9.17) is 4.74 Å². The van der Waals surface area contributed by atoms with E-state index in [9.17, 15) is 19.5 Å². The zero-order valence-electron chi connectivity index (χ0n) is 17.7. The maximum atomic E-state index is 13.0. The number of ketones is 2. The van der Waals surface area contributed by atoms with Crippen LogP contribution in [0.4, 0.5) is 0 Å². The molecule has 0 aromatic heterocycles. The quantitative estimate of drug-likeness (QED) is 0.583. The zero-order valence-corrected chi connectivity index (χ0v) is 17.7. The Balaban J connectivity index is 1.71. The van der Waals surface area contributed by atoms with Crippen molar-refractivity contribution in [2.45, 2.75) is 59.0 Å². The number of allylic oxidation sites excluding steroid dienone is 6. The van der Waals surface area contributed by atoms with Gasteiger partial charge in [0, 0.05) is 17.8 Å². The first-order chi connectivity index (χ1) is 13.5. The fourth-order valence-corrected chi connectivity index (χ4v) is 6.74. The van der Waals surface area contributed by atoms with Gasteiger partial charge in [-0.2, -0.15) is 0 Å². The molecule has 29 heavy (non-hydrogen) atoms. The lowest BCUT2D eigenvalue weighted by molar-refractivity contribution is -0.167. The molecule has 0 heterocycles. The van der Waals surface area contributed by atoms with Gasteiger partial charge in [0.1, 0.15) is 5.60 Å². The monoisotopic (exact) mass is 398 g/mol. The summed E-state index contributed by atoms with van der Waals surface area (Å²) in [5.41, 5.74) is 0.145. The standard InChI is InChI=1S/C24H30O5/c1-14-11-20-18-6-5-16-12-17(26)7-9-22(16,3)19(18)8-10-23(20,4)24(14,28)21(27)13-29-15(2)25/h7-9,12,14,18,20,28H,5-6,10-11,13H2,1-4H3/t14-,18?,20?,22+,23+,24+/m1/s1. The Morgan fingerprint density at radius 1 is 1.31 bits per heavy atom.